The van der Waals surface area contributed by atoms with Crippen LogP contribution in [0.4, 0.5) is 0 Å². The second kappa shape index (κ2) is 3.67. The fourth-order valence-electron chi connectivity index (χ4n) is 2.00. The molecule has 0 saturated heterocycles. The topological polar surface area (TPSA) is 0 Å². The van der Waals surface area contributed by atoms with E-state index in [1.807, 2.05) is 6.07 Å². The van der Waals surface area contributed by atoms with Gasteiger partial charge in [-0.1, -0.05) is 35.4 Å². The van der Waals surface area contributed by atoms with Crippen LogP contribution in [-0.4, -0.2) is 0 Å². The summed E-state index contributed by atoms with van der Waals surface area (Å²) < 4.78 is 0. The van der Waals surface area contributed by atoms with Crippen molar-refractivity contribution in [2.45, 2.75) is 6.42 Å². The van der Waals surface area contributed by atoms with E-state index in [0.717, 1.165) is 6.42 Å². The van der Waals surface area contributed by atoms with Crippen LogP contribution in [-0.2, 0) is 25.9 Å². The van der Waals surface area contributed by atoms with Crippen LogP contribution in [0, 0.1) is 6.07 Å². The molecule has 0 atom stereocenters. The largest absolute Gasteiger partial charge is 1.00 e. The van der Waals surface area contributed by atoms with Gasteiger partial charge in [0.25, 0.3) is 0 Å². The van der Waals surface area contributed by atoms with Crippen molar-refractivity contribution in [3.05, 3.63) is 59.7 Å². The molecule has 0 aliphatic heterocycles. The minimum atomic E-state index is 0. The van der Waals surface area contributed by atoms with E-state index in [9.17, 15) is 0 Å². The third kappa shape index (κ3) is 1.33. The van der Waals surface area contributed by atoms with Gasteiger partial charge in [-0.05, 0) is 6.42 Å². The maximum absolute atomic E-state index is 3.30. The van der Waals surface area contributed by atoms with Gasteiger partial charge in [-0.15, -0.1) is 5.56 Å². The SMILES string of the molecule is [Ru+].[c-]1cccc2c1Cc1ccccc1-2. The smallest absolute Gasteiger partial charge is 0.179 e. The molecule has 1 heteroatoms. The van der Waals surface area contributed by atoms with Crippen molar-refractivity contribution in [3.8, 4) is 11.1 Å². The molecule has 0 N–H and O–H groups in total. The summed E-state index contributed by atoms with van der Waals surface area (Å²) in [6.07, 6.45) is 1.05. The van der Waals surface area contributed by atoms with Crippen LogP contribution in [0.15, 0.2) is 42.5 Å². The van der Waals surface area contributed by atoms with Gasteiger partial charge >= 0.3 is 19.5 Å². The van der Waals surface area contributed by atoms with E-state index < -0.39 is 0 Å². The van der Waals surface area contributed by atoms with Gasteiger partial charge in [0, 0.05) is 0 Å². The Morgan fingerprint density at radius 2 is 1.71 bits per heavy atom. The zero-order valence-corrected chi connectivity index (χ0v) is 9.34. The monoisotopic (exact) mass is 267 g/mol. The first-order chi connectivity index (χ1) is 6.45. The summed E-state index contributed by atoms with van der Waals surface area (Å²) in [6, 6.07) is 18.1. The maximum Gasteiger partial charge on any atom is 1.00 e. The molecule has 14 heavy (non-hydrogen) atoms. The predicted octanol–water partition coefficient (Wildman–Crippen LogP) is 3.06. The fraction of sp³-hybridized carbons (Fsp3) is 0.0769. The first-order valence-electron chi connectivity index (χ1n) is 4.53. The summed E-state index contributed by atoms with van der Waals surface area (Å²) in [5, 5.41) is 0. The molecule has 3 rings (SSSR count). The Morgan fingerprint density at radius 1 is 0.929 bits per heavy atom. The molecule has 2 aromatic rings. The predicted molar refractivity (Wildman–Crippen MR) is 53.5 cm³/mol. The van der Waals surface area contributed by atoms with Gasteiger partial charge in [0.05, 0.1) is 0 Å². The van der Waals surface area contributed by atoms with E-state index >= 15 is 0 Å². The minimum Gasteiger partial charge on any atom is -0.179 e. The molecule has 0 amide bonds. The third-order valence-corrected chi connectivity index (χ3v) is 2.62. The van der Waals surface area contributed by atoms with Gasteiger partial charge in [-0.2, -0.15) is 29.8 Å². The van der Waals surface area contributed by atoms with Crippen molar-refractivity contribution >= 4 is 0 Å². The number of hydrogen-bond acceptors (Lipinski definition) is 0. The van der Waals surface area contributed by atoms with E-state index in [4.69, 9.17) is 0 Å². The number of hydrogen-bond donors (Lipinski definition) is 0. The number of fused-ring (bicyclic) bond motifs is 3. The molecule has 0 bridgehead atoms. The van der Waals surface area contributed by atoms with Crippen LogP contribution < -0.4 is 0 Å². The average Bonchev–Trinajstić information content (AvgIpc) is 2.56. The van der Waals surface area contributed by atoms with Crippen molar-refractivity contribution < 1.29 is 19.5 Å². The molecule has 0 saturated carbocycles. The van der Waals surface area contributed by atoms with E-state index in [1.165, 1.54) is 22.3 Å². The Kier molecular flexibility index (Phi) is 2.52. The third-order valence-electron chi connectivity index (χ3n) is 2.62. The average molecular weight is 266 g/mol. The van der Waals surface area contributed by atoms with Gasteiger partial charge in [-0.25, -0.2) is 0 Å². The first kappa shape index (κ1) is 9.61. The molecule has 69 valence electrons. The molecule has 0 nitrogen and oxygen atoms in total. The molecule has 0 heterocycles. The molecule has 1 radical (unpaired) electrons. The Hall–Kier alpha value is -0.937. The van der Waals surface area contributed by atoms with Crippen molar-refractivity contribution in [2.75, 3.05) is 0 Å². The summed E-state index contributed by atoms with van der Waals surface area (Å²) in [6.45, 7) is 0. The summed E-state index contributed by atoms with van der Waals surface area (Å²) in [7, 11) is 0. The van der Waals surface area contributed by atoms with Crippen molar-refractivity contribution in [1.82, 2.24) is 0 Å². The summed E-state index contributed by atoms with van der Waals surface area (Å²) in [5.74, 6) is 0. The second-order valence-corrected chi connectivity index (χ2v) is 3.40. The van der Waals surface area contributed by atoms with Crippen molar-refractivity contribution in [3.63, 3.8) is 0 Å². The number of rotatable bonds is 0. The first-order valence-corrected chi connectivity index (χ1v) is 4.53. The van der Waals surface area contributed by atoms with Crippen LogP contribution in [0.2, 0.25) is 0 Å². The van der Waals surface area contributed by atoms with Crippen LogP contribution >= 0.6 is 0 Å². The standard InChI is InChI=1S/C13H9.Ru/c1-3-7-12-10(5-1)9-11-6-2-4-8-13(11)12;/h1-5,7-8H,9H2;/q-1;+1. The molecule has 2 aromatic carbocycles. The zero-order chi connectivity index (χ0) is 8.67. The Balaban J connectivity index is 0.000000750. The minimum absolute atomic E-state index is 0. The van der Waals surface area contributed by atoms with E-state index in [0.29, 0.717) is 0 Å². The molecule has 1 aliphatic rings. The zero-order valence-electron chi connectivity index (χ0n) is 7.60. The van der Waals surface area contributed by atoms with Gasteiger partial charge < -0.3 is 0 Å². The van der Waals surface area contributed by atoms with E-state index in [1.54, 1.807) is 0 Å². The van der Waals surface area contributed by atoms with Crippen LogP contribution in [0.25, 0.3) is 11.1 Å². The normalized spacial score (nSPS) is 11.4. The molecular formula is C13H9Ru. The Labute approximate surface area is 96.7 Å². The van der Waals surface area contributed by atoms with E-state index in [2.05, 4.69) is 42.5 Å². The quantitative estimate of drug-likeness (QED) is 0.433. The van der Waals surface area contributed by atoms with E-state index in [-0.39, 0.29) is 19.5 Å². The molecular weight excluding hydrogens is 257 g/mol. The fourth-order valence-corrected chi connectivity index (χ4v) is 2.00. The molecule has 0 fully saturated rings. The van der Waals surface area contributed by atoms with Gasteiger partial charge in [-0.3, -0.25) is 0 Å². The molecule has 1 aliphatic carbocycles. The number of benzene rings is 2. The Morgan fingerprint density at radius 3 is 2.64 bits per heavy atom. The maximum atomic E-state index is 3.30. The molecule has 0 unspecified atom stereocenters. The van der Waals surface area contributed by atoms with Crippen LogP contribution in [0.3, 0.4) is 0 Å². The summed E-state index contributed by atoms with van der Waals surface area (Å²) >= 11 is 0. The summed E-state index contributed by atoms with van der Waals surface area (Å²) in [4.78, 5) is 0. The Bertz CT molecular complexity index is 417. The second-order valence-electron chi connectivity index (χ2n) is 3.40. The van der Waals surface area contributed by atoms with Gasteiger partial charge in [0.1, 0.15) is 0 Å². The van der Waals surface area contributed by atoms with Crippen molar-refractivity contribution in [1.29, 1.82) is 0 Å². The summed E-state index contributed by atoms with van der Waals surface area (Å²) in [5.41, 5.74) is 5.51. The van der Waals surface area contributed by atoms with Crippen molar-refractivity contribution in [2.24, 2.45) is 0 Å². The van der Waals surface area contributed by atoms with Gasteiger partial charge in [0.15, 0.2) is 0 Å². The molecule has 0 aromatic heterocycles. The van der Waals surface area contributed by atoms with Crippen LogP contribution in [0.5, 0.6) is 0 Å². The van der Waals surface area contributed by atoms with Crippen LogP contribution in [0.1, 0.15) is 11.1 Å². The molecule has 0 spiro atoms. The van der Waals surface area contributed by atoms with Gasteiger partial charge in [0.2, 0.25) is 0 Å².